The van der Waals surface area contributed by atoms with E-state index in [0.717, 1.165) is 30.4 Å². The fourth-order valence-corrected chi connectivity index (χ4v) is 9.59. The molecule has 1 aliphatic carbocycles. The number of hydrogen-bond acceptors (Lipinski definition) is 2. The number of hydrogen-bond donors (Lipinski definition) is 0. The lowest BCUT2D eigenvalue weighted by atomic mass is 9.84. The molecule has 0 saturated carbocycles. The van der Waals surface area contributed by atoms with Crippen molar-refractivity contribution in [1.29, 1.82) is 0 Å². The zero-order valence-electron chi connectivity index (χ0n) is 30.2. The van der Waals surface area contributed by atoms with Crippen molar-refractivity contribution >= 4 is 82.7 Å². The molecule has 1 aliphatic heterocycles. The van der Waals surface area contributed by atoms with E-state index in [1.54, 1.807) is 0 Å². The fourth-order valence-electron chi connectivity index (χ4n) is 8.40. The highest BCUT2D eigenvalue weighted by Gasteiger charge is 2.21. The maximum absolute atomic E-state index is 6.21. The molecule has 7 aromatic carbocycles. The van der Waals surface area contributed by atoms with Crippen LogP contribution in [0.2, 0.25) is 0 Å². The Kier molecular flexibility index (Phi) is 8.27. The van der Waals surface area contributed by atoms with E-state index in [9.17, 15) is 0 Å². The number of benzene rings is 7. The number of fused-ring (bicyclic) bond motifs is 8. The van der Waals surface area contributed by atoms with E-state index in [0.29, 0.717) is 0 Å². The summed E-state index contributed by atoms with van der Waals surface area (Å²) in [5, 5.41) is 10.1. The van der Waals surface area contributed by atoms with Gasteiger partial charge in [0.25, 0.3) is 0 Å². The monoisotopic (exact) mass is 710 g/mol. The summed E-state index contributed by atoms with van der Waals surface area (Å²) in [4.78, 5) is 2.73. The van der Waals surface area contributed by atoms with Gasteiger partial charge in [-0.15, -0.1) is 0 Å². The molecule has 0 fully saturated rings. The lowest BCUT2D eigenvalue weighted by Crippen LogP contribution is -1.95. The molecular formula is C52H38OS. The molecule has 2 heteroatoms. The molecule has 1 nitrogen and oxygen atoms in total. The van der Waals surface area contributed by atoms with Gasteiger partial charge in [0.1, 0.15) is 11.2 Å². The maximum Gasteiger partial charge on any atom is 0.136 e. The van der Waals surface area contributed by atoms with Crippen molar-refractivity contribution in [2.75, 3.05) is 0 Å². The number of para-hydroxylation sites is 1. The molecule has 8 aromatic rings. The van der Waals surface area contributed by atoms with Crippen molar-refractivity contribution in [2.24, 2.45) is 0 Å². The van der Waals surface area contributed by atoms with Crippen molar-refractivity contribution in [2.45, 2.75) is 31.1 Å². The Labute approximate surface area is 320 Å². The van der Waals surface area contributed by atoms with E-state index in [1.165, 1.54) is 91.9 Å². The first kappa shape index (κ1) is 32.6. The molecule has 258 valence electrons. The standard InChI is InChI=1S/C52H38OS/c1-34(25-30-40-31-39-29-28-38-32-49-47(33-46(38)52(39)54-40)41-19-13-14-24-48(41)53-49)50-42-20-9-11-22-44(42)51(45-23-12-10-21-43(45)50)37-18-6-3-2-5-17-36(26-27-37)35-15-7-4-8-16-35/h2-16,19-30,32-33H,17-18,31H2,1H3/b5-2-,6-3-,34-25+,36-26+,37-27+,40-30+. The molecule has 0 unspecified atom stereocenters. The normalized spacial score (nSPS) is 18.9. The summed E-state index contributed by atoms with van der Waals surface area (Å²) < 4.78 is 6.21. The molecule has 54 heavy (non-hydrogen) atoms. The summed E-state index contributed by atoms with van der Waals surface area (Å²) in [7, 11) is 0. The molecule has 0 saturated heterocycles. The third kappa shape index (κ3) is 5.75. The summed E-state index contributed by atoms with van der Waals surface area (Å²) in [6.07, 6.45) is 21.0. The van der Waals surface area contributed by atoms with Gasteiger partial charge in [-0.2, -0.15) is 0 Å². The minimum Gasteiger partial charge on any atom is -0.456 e. The molecule has 1 aromatic heterocycles. The van der Waals surface area contributed by atoms with Gasteiger partial charge in [0.05, 0.1) is 0 Å². The Morgan fingerprint density at radius 2 is 1.24 bits per heavy atom. The number of furan rings is 1. The quantitative estimate of drug-likeness (QED) is 0.169. The SMILES string of the molecule is C/C(=C\C=C1/Cc2ccc3cc4oc5ccccc5c4cc3c2S1)c1c2ccccc2c(/C2=C/C=C(/c3ccccc3)C/C=C\C=C/C2)c2ccccc12. The predicted molar refractivity (Wildman–Crippen MR) is 234 cm³/mol. The van der Waals surface area contributed by atoms with Crippen LogP contribution >= 0.6 is 11.8 Å². The first-order valence-corrected chi connectivity index (χ1v) is 19.6. The third-order valence-corrected chi connectivity index (χ3v) is 12.2. The molecule has 2 aliphatic rings. The summed E-state index contributed by atoms with van der Waals surface area (Å²) in [5.41, 5.74) is 11.1. The Hall–Kier alpha value is -6.09. The van der Waals surface area contributed by atoms with Crippen molar-refractivity contribution in [3.63, 3.8) is 0 Å². The van der Waals surface area contributed by atoms with Gasteiger partial charge >= 0.3 is 0 Å². The number of thioether (sulfide) groups is 1. The van der Waals surface area contributed by atoms with Crippen LogP contribution in [0, 0.1) is 0 Å². The van der Waals surface area contributed by atoms with Crippen LogP contribution in [-0.4, -0.2) is 0 Å². The Bertz CT molecular complexity index is 2920. The largest absolute Gasteiger partial charge is 0.456 e. The average molecular weight is 711 g/mol. The summed E-state index contributed by atoms with van der Waals surface area (Å²) in [6.45, 7) is 2.28. The summed E-state index contributed by atoms with van der Waals surface area (Å²) in [6, 6.07) is 46.2. The topological polar surface area (TPSA) is 13.1 Å². The molecule has 0 amide bonds. The zero-order chi connectivity index (χ0) is 36.0. The Morgan fingerprint density at radius 1 is 0.593 bits per heavy atom. The van der Waals surface area contributed by atoms with Crippen LogP contribution in [0.15, 0.2) is 190 Å². The van der Waals surface area contributed by atoms with Gasteiger partial charge in [-0.3, -0.25) is 0 Å². The van der Waals surface area contributed by atoms with Gasteiger partial charge < -0.3 is 4.42 Å². The van der Waals surface area contributed by atoms with Crippen molar-refractivity contribution in [1.82, 2.24) is 0 Å². The highest BCUT2D eigenvalue weighted by atomic mass is 32.2. The lowest BCUT2D eigenvalue weighted by Gasteiger charge is -2.19. The Morgan fingerprint density at radius 3 is 2.00 bits per heavy atom. The second kappa shape index (κ2) is 13.7. The van der Waals surface area contributed by atoms with E-state index in [2.05, 4.69) is 177 Å². The molecule has 0 spiro atoms. The first-order chi connectivity index (χ1) is 26.7. The molecule has 0 bridgehead atoms. The van der Waals surface area contributed by atoms with Crippen LogP contribution in [0.25, 0.3) is 71.0 Å². The van der Waals surface area contributed by atoms with E-state index in [4.69, 9.17) is 4.42 Å². The van der Waals surface area contributed by atoms with Gasteiger partial charge in [0.15, 0.2) is 0 Å². The summed E-state index contributed by atoms with van der Waals surface area (Å²) in [5.74, 6) is 0. The smallest absolute Gasteiger partial charge is 0.136 e. The van der Waals surface area contributed by atoms with Crippen molar-refractivity contribution in [3.05, 3.63) is 203 Å². The predicted octanol–water partition coefficient (Wildman–Crippen LogP) is 15.1. The van der Waals surface area contributed by atoms with Crippen LogP contribution < -0.4 is 0 Å². The molecular weight excluding hydrogens is 673 g/mol. The van der Waals surface area contributed by atoms with E-state index in [1.807, 2.05) is 17.8 Å². The lowest BCUT2D eigenvalue weighted by molar-refractivity contribution is 0.669. The van der Waals surface area contributed by atoms with E-state index < -0.39 is 0 Å². The van der Waals surface area contributed by atoms with Gasteiger partial charge in [-0.05, 0) is 114 Å². The van der Waals surface area contributed by atoms with E-state index >= 15 is 0 Å². The third-order valence-electron chi connectivity index (χ3n) is 11.0. The van der Waals surface area contributed by atoms with Crippen molar-refractivity contribution < 1.29 is 4.42 Å². The maximum atomic E-state index is 6.21. The fraction of sp³-hybridized carbons (Fsp3) is 0.0769. The Balaban J connectivity index is 1.06. The van der Waals surface area contributed by atoms with E-state index in [-0.39, 0.29) is 0 Å². The second-order valence-corrected chi connectivity index (χ2v) is 15.5. The van der Waals surface area contributed by atoms with Crippen LogP contribution in [0.3, 0.4) is 0 Å². The second-order valence-electron chi connectivity index (χ2n) is 14.3. The van der Waals surface area contributed by atoms with Crippen LogP contribution in [-0.2, 0) is 6.42 Å². The summed E-state index contributed by atoms with van der Waals surface area (Å²) >= 11 is 1.91. The highest BCUT2D eigenvalue weighted by Crippen LogP contribution is 2.46. The molecule has 10 rings (SSSR count). The number of rotatable bonds is 4. The van der Waals surface area contributed by atoms with Gasteiger partial charge in [-0.25, -0.2) is 0 Å². The average Bonchev–Trinajstić information content (AvgIpc) is 3.81. The molecule has 0 atom stereocenters. The van der Waals surface area contributed by atoms with Crippen molar-refractivity contribution in [3.8, 4) is 0 Å². The molecule has 0 N–H and O–H groups in total. The zero-order valence-corrected chi connectivity index (χ0v) is 31.0. The van der Waals surface area contributed by atoms with Crippen LogP contribution in [0.4, 0.5) is 0 Å². The van der Waals surface area contributed by atoms with Gasteiger partial charge in [0, 0.05) is 22.1 Å². The minimum absolute atomic E-state index is 0.853. The highest BCUT2D eigenvalue weighted by molar-refractivity contribution is 8.03. The molecule has 2 heterocycles. The van der Waals surface area contributed by atoms with Gasteiger partial charge in [0.2, 0.25) is 0 Å². The van der Waals surface area contributed by atoms with Crippen LogP contribution in [0.5, 0.6) is 0 Å². The number of allylic oxidation sites excluding steroid dienone is 12. The minimum atomic E-state index is 0.853. The first-order valence-electron chi connectivity index (χ1n) is 18.8. The molecule has 0 radical (unpaired) electrons. The van der Waals surface area contributed by atoms with Gasteiger partial charge in [-0.1, -0.05) is 170 Å². The van der Waals surface area contributed by atoms with Crippen LogP contribution in [0.1, 0.15) is 42.0 Å².